The normalized spacial score (nSPS) is 39.4. The van der Waals surface area contributed by atoms with Crippen molar-refractivity contribution < 1.29 is 4.79 Å². The third kappa shape index (κ3) is 2.00. The molecule has 3 aliphatic carbocycles. The lowest BCUT2D eigenvalue weighted by Crippen LogP contribution is -2.63. The zero-order chi connectivity index (χ0) is 12.8. The number of amides is 1. The lowest BCUT2D eigenvalue weighted by molar-refractivity contribution is -0.133. The Bertz CT molecular complexity index is 306. The van der Waals surface area contributed by atoms with Crippen molar-refractivity contribution in [1.82, 2.24) is 5.32 Å². The van der Waals surface area contributed by atoms with Crippen LogP contribution in [0.15, 0.2) is 0 Å². The Morgan fingerprint density at radius 1 is 1.18 bits per heavy atom. The van der Waals surface area contributed by atoms with Gasteiger partial charge in [0, 0.05) is 12.0 Å². The minimum Gasteiger partial charge on any atom is -0.352 e. The van der Waals surface area contributed by atoms with E-state index in [0.29, 0.717) is 11.5 Å². The standard InChI is InChI=1S/C15H27NO/c1-10(2)12(17)16-13-14(3,4)11-6-8-15(13,5)9-7-11/h10-11,13H,6-9H2,1-5H3,(H,16,17). The number of carbonyl (C=O) groups excluding carboxylic acids is 1. The number of hydrogen-bond donors (Lipinski definition) is 1. The second-order valence-corrected chi connectivity index (χ2v) is 7.35. The van der Waals surface area contributed by atoms with E-state index in [2.05, 4.69) is 26.1 Å². The van der Waals surface area contributed by atoms with Gasteiger partial charge in [0.1, 0.15) is 0 Å². The Hall–Kier alpha value is -0.530. The van der Waals surface area contributed by atoms with Gasteiger partial charge in [-0.15, -0.1) is 0 Å². The maximum absolute atomic E-state index is 12.0. The summed E-state index contributed by atoms with van der Waals surface area (Å²) in [6.45, 7) is 11.0. The number of rotatable bonds is 2. The minimum absolute atomic E-state index is 0.0925. The van der Waals surface area contributed by atoms with Crippen LogP contribution in [0.5, 0.6) is 0 Å². The van der Waals surface area contributed by atoms with Crippen LogP contribution < -0.4 is 5.32 Å². The van der Waals surface area contributed by atoms with Gasteiger partial charge in [0.2, 0.25) is 5.91 Å². The monoisotopic (exact) mass is 237 g/mol. The van der Waals surface area contributed by atoms with Gasteiger partial charge >= 0.3 is 0 Å². The maximum atomic E-state index is 12.0. The van der Waals surface area contributed by atoms with Gasteiger partial charge in [-0.1, -0.05) is 34.6 Å². The Labute approximate surface area is 106 Å². The number of hydrogen-bond acceptors (Lipinski definition) is 1. The Morgan fingerprint density at radius 3 is 2.12 bits per heavy atom. The number of nitrogens with one attached hydrogen (secondary N) is 1. The molecule has 1 unspecified atom stereocenters. The first-order chi connectivity index (χ1) is 7.77. The molecule has 0 aliphatic heterocycles. The molecule has 0 saturated heterocycles. The molecular weight excluding hydrogens is 210 g/mol. The predicted molar refractivity (Wildman–Crippen MR) is 70.6 cm³/mol. The van der Waals surface area contributed by atoms with Crippen LogP contribution in [0, 0.1) is 22.7 Å². The fraction of sp³-hybridized carbons (Fsp3) is 0.933. The molecule has 3 rings (SSSR count). The predicted octanol–water partition coefficient (Wildman–Crippen LogP) is 3.36. The van der Waals surface area contributed by atoms with E-state index in [1.165, 1.54) is 25.7 Å². The molecule has 1 N–H and O–H groups in total. The van der Waals surface area contributed by atoms with Crippen molar-refractivity contribution in [3.63, 3.8) is 0 Å². The smallest absolute Gasteiger partial charge is 0.222 e. The highest BCUT2D eigenvalue weighted by molar-refractivity contribution is 5.78. The Morgan fingerprint density at radius 2 is 1.71 bits per heavy atom. The molecule has 0 radical (unpaired) electrons. The average molecular weight is 237 g/mol. The lowest BCUT2D eigenvalue weighted by Gasteiger charge is -2.60. The van der Waals surface area contributed by atoms with Crippen LogP contribution in [-0.4, -0.2) is 11.9 Å². The van der Waals surface area contributed by atoms with Crippen LogP contribution in [0.25, 0.3) is 0 Å². The molecule has 3 fully saturated rings. The zero-order valence-corrected chi connectivity index (χ0v) is 12.0. The van der Waals surface area contributed by atoms with Crippen molar-refractivity contribution in [2.75, 3.05) is 0 Å². The first-order valence-electron chi connectivity index (χ1n) is 7.08. The highest BCUT2D eigenvalue weighted by Crippen LogP contribution is 2.58. The minimum atomic E-state index is 0.0925. The van der Waals surface area contributed by atoms with Crippen LogP contribution in [-0.2, 0) is 4.79 Å². The molecule has 3 saturated carbocycles. The van der Waals surface area contributed by atoms with Gasteiger partial charge in [-0.2, -0.15) is 0 Å². The van der Waals surface area contributed by atoms with Crippen molar-refractivity contribution in [1.29, 1.82) is 0 Å². The van der Waals surface area contributed by atoms with E-state index in [1.807, 2.05) is 13.8 Å². The lowest BCUT2D eigenvalue weighted by atomic mass is 9.48. The summed E-state index contributed by atoms with van der Waals surface area (Å²) in [5, 5.41) is 3.34. The van der Waals surface area contributed by atoms with Gasteiger partial charge in [0.15, 0.2) is 0 Å². The van der Waals surface area contributed by atoms with E-state index in [-0.39, 0.29) is 17.2 Å². The SMILES string of the molecule is CC(C)C(=O)NC1C2(C)CCC(CC2)C1(C)C. The summed E-state index contributed by atoms with van der Waals surface area (Å²) in [6, 6.07) is 0.359. The van der Waals surface area contributed by atoms with E-state index in [4.69, 9.17) is 0 Å². The summed E-state index contributed by atoms with van der Waals surface area (Å²) in [7, 11) is 0. The summed E-state index contributed by atoms with van der Waals surface area (Å²) >= 11 is 0. The molecule has 2 nitrogen and oxygen atoms in total. The molecule has 0 spiro atoms. The van der Waals surface area contributed by atoms with Gasteiger partial charge in [-0.05, 0) is 42.4 Å². The van der Waals surface area contributed by atoms with Crippen molar-refractivity contribution in [3.8, 4) is 0 Å². The summed E-state index contributed by atoms with van der Waals surface area (Å²) in [4.78, 5) is 12.0. The maximum Gasteiger partial charge on any atom is 0.222 e. The first-order valence-corrected chi connectivity index (χ1v) is 7.08. The summed E-state index contributed by atoms with van der Waals surface area (Å²) in [6.07, 6.45) is 5.25. The van der Waals surface area contributed by atoms with E-state index in [9.17, 15) is 4.79 Å². The summed E-state index contributed by atoms with van der Waals surface area (Å²) in [5.74, 6) is 1.11. The van der Waals surface area contributed by atoms with Crippen molar-refractivity contribution in [2.45, 2.75) is 66.3 Å². The average Bonchev–Trinajstić information content (AvgIpc) is 2.23. The van der Waals surface area contributed by atoms with E-state index < -0.39 is 0 Å². The van der Waals surface area contributed by atoms with Crippen LogP contribution in [0.3, 0.4) is 0 Å². The van der Waals surface area contributed by atoms with Gasteiger partial charge in [-0.3, -0.25) is 4.79 Å². The van der Waals surface area contributed by atoms with Crippen LogP contribution >= 0.6 is 0 Å². The topological polar surface area (TPSA) is 29.1 Å². The largest absolute Gasteiger partial charge is 0.352 e. The fourth-order valence-electron chi connectivity index (χ4n) is 4.11. The van der Waals surface area contributed by atoms with E-state index >= 15 is 0 Å². The van der Waals surface area contributed by atoms with Crippen LogP contribution in [0.1, 0.15) is 60.3 Å². The third-order valence-corrected chi connectivity index (χ3v) is 5.43. The molecule has 0 heterocycles. The molecule has 1 atom stereocenters. The van der Waals surface area contributed by atoms with Gasteiger partial charge in [0.25, 0.3) is 0 Å². The van der Waals surface area contributed by atoms with Gasteiger partial charge in [0.05, 0.1) is 0 Å². The van der Waals surface area contributed by atoms with Crippen LogP contribution in [0.2, 0.25) is 0 Å². The molecule has 2 heteroatoms. The number of carbonyl (C=O) groups is 1. The molecule has 1 amide bonds. The summed E-state index contributed by atoms with van der Waals surface area (Å²) in [5.41, 5.74) is 0.582. The summed E-state index contributed by atoms with van der Waals surface area (Å²) < 4.78 is 0. The van der Waals surface area contributed by atoms with Gasteiger partial charge in [-0.25, -0.2) is 0 Å². The highest BCUT2D eigenvalue weighted by atomic mass is 16.1. The molecule has 0 aromatic rings. The molecule has 0 aromatic heterocycles. The van der Waals surface area contributed by atoms with E-state index in [0.717, 1.165) is 5.92 Å². The molecular formula is C15H27NO. The first kappa shape index (κ1) is 12.9. The fourth-order valence-corrected chi connectivity index (χ4v) is 4.11. The quantitative estimate of drug-likeness (QED) is 0.784. The number of fused-ring (bicyclic) bond motifs is 3. The molecule has 17 heavy (non-hydrogen) atoms. The Kier molecular flexibility index (Phi) is 3.04. The highest BCUT2D eigenvalue weighted by Gasteiger charge is 2.55. The second kappa shape index (κ2) is 4.00. The molecule has 0 aromatic carbocycles. The van der Waals surface area contributed by atoms with Gasteiger partial charge < -0.3 is 5.32 Å². The van der Waals surface area contributed by atoms with Crippen molar-refractivity contribution in [3.05, 3.63) is 0 Å². The molecule has 3 aliphatic rings. The third-order valence-electron chi connectivity index (χ3n) is 5.43. The van der Waals surface area contributed by atoms with Crippen LogP contribution in [0.4, 0.5) is 0 Å². The zero-order valence-electron chi connectivity index (χ0n) is 12.0. The van der Waals surface area contributed by atoms with Crippen molar-refractivity contribution >= 4 is 5.91 Å². The Balaban J connectivity index is 2.21. The molecule has 98 valence electrons. The molecule has 2 bridgehead atoms. The van der Waals surface area contributed by atoms with Crippen molar-refractivity contribution in [2.24, 2.45) is 22.7 Å². The second-order valence-electron chi connectivity index (χ2n) is 7.35. The van der Waals surface area contributed by atoms with E-state index in [1.54, 1.807) is 0 Å².